The second-order valence-electron chi connectivity index (χ2n) is 6.05. The van der Waals surface area contributed by atoms with Gasteiger partial charge in [0.25, 0.3) is 0 Å². The lowest BCUT2D eigenvalue weighted by Gasteiger charge is -2.60. The van der Waals surface area contributed by atoms with Crippen molar-refractivity contribution in [2.45, 2.75) is 44.6 Å². The fourth-order valence-electron chi connectivity index (χ4n) is 3.65. The van der Waals surface area contributed by atoms with Gasteiger partial charge in [0, 0.05) is 5.54 Å². The van der Waals surface area contributed by atoms with Crippen molar-refractivity contribution in [3.63, 3.8) is 0 Å². The molecular formula is C15H21NO. The molecule has 0 unspecified atom stereocenters. The van der Waals surface area contributed by atoms with Crippen LogP contribution in [0.1, 0.15) is 43.2 Å². The second-order valence-corrected chi connectivity index (χ2v) is 6.05. The van der Waals surface area contributed by atoms with E-state index >= 15 is 0 Å². The first-order valence-corrected chi connectivity index (χ1v) is 6.51. The first kappa shape index (κ1) is 11.1. The first-order chi connectivity index (χ1) is 8.07. The van der Waals surface area contributed by atoms with Crippen LogP contribution in [0.25, 0.3) is 0 Å². The van der Waals surface area contributed by atoms with Crippen molar-refractivity contribution in [3.8, 4) is 5.75 Å². The van der Waals surface area contributed by atoms with E-state index in [9.17, 15) is 0 Å². The Balaban J connectivity index is 1.85. The molecule has 0 aliphatic heterocycles. The predicted molar refractivity (Wildman–Crippen MR) is 69.1 cm³/mol. The van der Waals surface area contributed by atoms with Gasteiger partial charge in [0.15, 0.2) is 0 Å². The lowest BCUT2D eigenvalue weighted by Crippen LogP contribution is -2.58. The monoisotopic (exact) mass is 231 g/mol. The molecular weight excluding hydrogens is 210 g/mol. The minimum atomic E-state index is -0.0958. The molecule has 0 atom stereocenters. The topological polar surface area (TPSA) is 35.2 Å². The molecule has 0 heterocycles. The van der Waals surface area contributed by atoms with Crippen LogP contribution >= 0.6 is 0 Å². The van der Waals surface area contributed by atoms with Gasteiger partial charge in [-0.2, -0.15) is 0 Å². The van der Waals surface area contributed by atoms with Gasteiger partial charge in [-0.15, -0.1) is 0 Å². The Kier molecular flexibility index (Phi) is 2.27. The lowest BCUT2D eigenvalue weighted by molar-refractivity contribution is -0.0462. The van der Waals surface area contributed by atoms with E-state index in [0.29, 0.717) is 5.41 Å². The Labute approximate surface area is 103 Å². The molecule has 92 valence electrons. The summed E-state index contributed by atoms with van der Waals surface area (Å²) in [6, 6.07) is 6.42. The minimum Gasteiger partial charge on any atom is -0.496 e. The third-order valence-electron chi connectivity index (χ3n) is 4.78. The van der Waals surface area contributed by atoms with Crippen LogP contribution in [0.2, 0.25) is 0 Å². The lowest BCUT2D eigenvalue weighted by atomic mass is 9.47. The molecule has 2 saturated carbocycles. The molecule has 2 aliphatic carbocycles. The average molecular weight is 231 g/mol. The van der Waals surface area contributed by atoms with Crippen molar-refractivity contribution in [3.05, 3.63) is 29.3 Å². The van der Waals surface area contributed by atoms with Gasteiger partial charge >= 0.3 is 0 Å². The van der Waals surface area contributed by atoms with Gasteiger partial charge in [0.2, 0.25) is 0 Å². The predicted octanol–water partition coefficient (Wildman–Crippen LogP) is 3.12. The summed E-state index contributed by atoms with van der Waals surface area (Å²) in [5, 5.41) is 0. The Morgan fingerprint density at radius 2 is 1.94 bits per heavy atom. The standard InChI is InChI=1S/C15H21NO/c1-11-4-5-12(8-13(11)17-2)15(16)9-14(10-15)6-3-7-14/h4-5,8H,3,6-7,9-10,16H2,1-2H3. The van der Waals surface area contributed by atoms with Crippen molar-refractivity contribution in [2.24, 2.45) is 11.1 Å². The zero-order chi connectivity index (χ0) is 12.1. The number of nitrogens with two attached hydrogens (primary N) is 1. The van der Waals surface area contributed by atoms with Gasteiger partial charge in [0.1, 0.15) is 5.75 Å². The largest absolute Gasteiger partial charge is 0.496 e. The second kappa shape index (κ2) is 3.49. The molecule has 2 fully saturated rings. The number of ether oxygens (including phenoxy) is 1. The molecule has 1 spiro atoms. The summed E-state index contributed by atoms with van der Waals surface area (Å²) in [7, 11) is 1.73. The molecule has 2 aliphatic rings. The summed E-state index contributed by atoms with van der Waals surface area (Å²) in [6.45, 7) is 2.07. The molecule has 1 aromatic carbocycles. The van der Waals surface area contributed by atoms with Crippen LogP contribution in [0.15, 0.2) is 18.2 Å². The van der Waals surface area contributed by atoms with Crippen molar-refractivity contribution in [2.75, 3.05) is 7.11 Å². The Morgan fingerprint density at radius 1 is 1.24 bits per heavy atom. The highest BCUT2D eigenvalue weighted by Gasteiger charge is 2.55. The summed E-state index contributed by atoms with van der Waals surface area (Å²) in [5.74, 6) is 0.960. The minimum absolute atomic E-state index is 0.0958. The zero-order valence-corrected chi connectivity index (χ0v) is 10.8. The highest BCUT2D eigenvalue weighted by molar-refractivity contribution is 5.41. The SMILES string of the molecule is COc1cc(C2(N)CC3(CCC3)C2)ccc1C. The van der Waals surface area contributed by atoms with Gasteiger partial charge in [-0.3, -0.25) is 0 Å². The van der Waals surface area contributed by atoms with Gasteiger partial charge in [0.05, 0.1) is 7.11 Å². The summed E-state index contributed by atoms with van der Waals surface area (Å²) >= 11 is 0. The summed E-state index contributed by atoms with van der Waals surface area (Å²) in [6.07, 6.45) is 6.48. The Hall–Kier alpha value is -1.02. The number of aryl methyl sites for hydroxylation is 1. The van der Waals surface area contributed by atoms with Crippen LogP contribution in [0, 0.1) is 12.3 Å². The number of hydrogen-bond donors (Lipinski definition) is 1. The smallest absolute Gasteiger partial charge is 0.122 e. The molecule has 0 saturated heterocycles. The van der Waals surface area contributed by atoms with E-state index in [1.807, 2.05) is 0 Å². The van der Waals surface area contributed by atoms with E-state index in [4.69, 9.17) is 10.5 Å². The molecule has 2 heteroatoms. The van der Waals surface area contributed by atoms with Gasteiger partial charge in [-0.05, 0) is 55.2 Å². The van der Waals surface area contributed by atoms with E-state index in [2.05, 4.69) is 25.1 Å². The highest BCUT2D eigenvalue weighted by atomic mass is 16.5. The van der Waals surface area contributed by atoms with Crippen molar-refractivity contribution >= 4 is 0 Å². The molecule has 2 N–H and O–H groups in total. The summed E-state index contributed by atoms with van der Waals surface area (Å²) < 4.78 is 5.39. The number of rotatable bonds is 2. The number of benzene rings is 1. The third kappa shape index (κ3) is 1.58. The van der Waals surface area contributed by atoms with Crippen LogP contribution in [0.3, 0.4) is 0 Å². The van der Waals surface area contributed by atoms with Crippen molar-refractivity contribution < 1.29 is 4.74 Å². The summed E-state index contributed by atoms with van der Waals surface area (Å²) in [5.41, 5.74) is 9.46. The number of hydrogen-bond acceptors (Lipinski definition) is 2. The van der Waals surface area contributed by atoms with Crippen LogP contribution < -0.4 is 10.5 Å². The van der Waals surface area contributed by atoms with Gasteiger partial charge in [-0.25, -0.2) is 0 Å². The quantitative estimate of drug-likeness (QED) is 0.848. The van der Waals surface area contributed by atoms with Gasteiger partial charge < -0.3 is 10.5 Å². The maximum Gasteiger partial charge on any atom is 0.122 e. The highest BCUT2D eigenvalue weighted by Crippen LogP contribution is 2.62. The normalized spacial score (nSPS) is 23.9. The van der Waals surface area contributed by atoms with E-state index < -0.39 is 0 Å². The fraction of sp³-hybridized carbons (Fsp3) is 0.600. The molecule has 0 bridgehead atoms. The fourth-order valence-corrected chi connectivity index (χ4v) is 3.65. The van der Waals surface area contributed by atoms with E-state index in [0.717, 1.165) is 18.6 Å². The molecule has 1 aromatic rings. The molecule has 0 radical (unpaired) electrons. The molecule has 0 amide bonds. The summed E-state index contributed by atoms with van der Waals surface area (Å²) in [4.78, 5) is 0. The van der Waals surface area contributed by atoms with Crippen molar-refractivity contribution in [1.29, 1.82) is 0 Å². The Bertz CT molecular complexity index is 440. The van der Waals surface area contributed by atoms with Crippen LogP contribution in [0.5, 0.6) is 5.75 Å². The average Bonchev–Trinajstić information content (AvgIpc) is 2.23. The van der Waals surface area contributed by atoms with Crippen LogP contribution in [0.4, 0.5) is 0 Å². The third-order valence-corrected chi connectivity index (χ3v) is 4.78. The molecule has 2 nitrogen and oxygen atoms in total. The van der Waals surface area contributed by atoms with Crippen LogP contribution in [-0.4, -0.2) is 7.11 Å². The molecule has 0 aromatic heterocycles. The maximum atomic E-state index is 6.53. The van der Waals surface area contributed by atoms with E-state index in [1.54, 1.807) is 7.11 Å². The first-order valence-electron chi connectivity index (χ1n) is 6.51. The molecule has 3 rings (SSSR count). The van der Waals surface area contributed by atoms with Crippen molar-refractivity contribution in [1.82, 2.24) is 0 Å². The van der Waals surface area contributed by atoms with Crippen LogP contribution in [-0.2, 0) is 5.54 Å². The maximum absolute atomic E-state index is 6.53. The van der Waals surface area contributed by atoms with E-state index in [1.165, 1.54) is 30.4 Å². The zero-order valence-electron chi connectivity index (χ0n) is 10.8. The van der Waals surface area contributed by atoms with Gasteiger partial charge in [-0.1, -0.05) is 18.6 Å². The van der Waals surface area contributed by atoms with E-state index in [-0.39, 0.29) is 5.54 Å². The Morgan fingerprint density at radius 3 is 2.47 bits per heavy atom. The number of methoxy groups -OCH3 is 1. The molecule has 17 heavy (non-hydrogen) atoms.